The first kappa shape index (κ1) is 20.7. The van der Waals surface area contributed by atoms with Gasteiger partial charge in [0, 0.05) is 11.6 Å². The lowest BCUT2D eigenvalue weighted by Crippen LogP contribution is -2.26. The Balaban J connectivity index is 2.61. The second kappa shape index (κ2) is 12.1. The van der Waals surface area contributed by atoms with Gasteiger partial charge in [0.25, 0.3) is 0 Å². The molecular weight excluding hydrogens is 320 g/mol. The Bertz CT molecular complexity index is 505. The smallest absolute Gasteiger partial charge is 0.129 e. The van der Waals surface area contributed by atoms with Crippen molar-refractivity contribution in [3.05, 3.63) is 40.9 Å². The molecule has 0 aliphatic heterocycles. The average molecular weight is 351 g/mol. The minimum absolute atomic E-state index is 0.627. The highest BCUT2D eigenvalue weighted by Crippen LogP contribution is 2.12. The van der Waals surface area contributed by atoms with Crippen LogP contribution in [0, 0.1) is 5.92 Å². The zero-order valence-electron chi connectivity index (χ0n) is 15.5. The SMILES string of the molecule is CCN(CC)CCO/N=C(/C=C/c1ccc(Cl)cc1)CCC(C)C. The standard InChI is InChI=1S/C20H31ClN2O/c1-5-23(6-2)15-16-24-22-20(13-7-17(3)4)14-10-18-8-11-19(21)12-9-18/h8-12,14,17H,5-7,13,15-16H2,1-4H3/b14-10+,22-20+. The molecule has 0 unspecified atom stereocenters. The summed E-state index contributed by atoms with van der Waals surface area (Å²) in [5.74, 6) is 0.648. The van der Waals surface area contributed by atoms with Crippen LogP contribution in [0.4, 0.5) is 0 Å². The number of rotatable bonds is 11. The molecule has 0 fully saturated rings. The quantitative estimate of drug-likeness (QED) is 0.299. The number of oxime groups is 1. The van der Waals surface area contributed by atoms with E-state index >= 15 is 0 Å². The fourth-order valence-corrected chi connectivity index (χ4v) is 2.33. The van der Waals surface area contributed by atoms with Crippen LogP contribution in [-0.4, -0.2) is 36.9 Å². The van der Waals surface area contributed by atoms with Crippen molar-refractivity contribution in [1.29, 1.82) is 0 Å². The number of hydrogen-bond acceptors (Lipinski definition) is 3. The van der Waals surface area contributed by atoms with Crippen molar-refractivity contribution in [3.63, 3.8) is 0 Å². The van der Waals surface area contributed by atoms with Crippen LogP contribution in [0.2, 0.25) is 5.02 Å². The molecule has 3 nitrogen and oxygen atoms in total. The van der Waals surface area contributed by atoms with Gasteiger partial charge in [-0.15, -0.1) is 0 Å². The fraction of sp³-hybridized carbons (Fsp3) is 0.550. The summed E-state index contributed by atoms with van der Waals surface area (Å²) in [4.78, 5) is 7.87. The minimum atomic E-state index is 0.627. The van der Waals surface area contributed by atoms with Gasteiger partial charge in [0.1, 0.15) is 6.61 Å². The first-order chi connectivity index (χ1) is 11.5. The van der Waals surface area contributed by atoms with Gasteiger partial charge in [-0.3, -0.25) is 0 Å². The average Bonchev–Trinajstić information content (AvgIpc) is 2.58. The van der Waals surface area contributed by atoms with Crippen molar-refractivity contribution >= 4 is 23.4 Å². The monoisotopic (exact) mass is 350 g/mol. The minimum Gasteiger partial charge on any atom is -0.394 e. The van der Waals surface area contributed by atoms with Crippen molar-refractivity contribution in [2.75, 3.05) is 26.2 Å². The lowest BCUT2D eigenvalue weighted by atomic mass is 10.0. The van der Waals surface area contributed by atoms with Crippen LogP contribution in [0.15, 0.2) is 35.5 Å². The molecule has 24 heavy (non-hydrogen) atoms. The second-order valence-electron chi connectivity index (χ2n) is 6.26. The predicted octanol–water partition coefficient (Wildman–Crippen LogP) is 5.50. The van der Waals surface area contributed by atoms with E-state index in [1.54, 1.807) is 0 Å². The molecule has 0 N–H and O–H groups in total. The summed E-state index contributed by atoms with van der Waals surface area (Å²) in [5, 5.41) is 5.10. The summed E-state index contributed by atoms with van der Waals surface area (Å²) in [7, 11) is 0. The highest BCUT2D eigenvalue weighted by molar-refractivity contribution is 6.30. The van der Waals surface area contributed by atoms with E-state index in [9.17, 15) is 0 Å². The molecule has 0 aromatic heterocycles. The van der Waals surface area contributed by atoms with Gasteiger partial charge < -0.3 is 9.74 Å². The maximum atomic E-state index is 5.92. The normalized spacial score (nSPS) is 12.5. The fourth-order valence-electron chi connectivity index (χ4n) is 2.20. The molecule has 0 radical (unpaired) electrons. The van der Waals surface area contributed by atoms with Crippen molar-refractivity contribution in [2.24, 2.45) is 11.1 Å². The number of hydrogen-bond donors (Lipinski definition) is 0. The summed E-state index contributed by atoms with van der Waals surface area (Å²) in [5.41, 5.74) is 2.10. The van der Waals surface area contributed by atoms with E-state index < -0.39 is 0 Å². The molecule has 0 bridgehead atoms. The molecule has 0 aliphatic carbocycles. The number of allylic oxidation sites excluding steroid dienone is 1. The van der Waals surface area contributed by atoms with Gasteiger partial charge in [-0.2, -0.15) is 0 Å². The van der Waals surface area contributed by atoms with Crippen LogP contribution in [0.5, 0.6) is 0 Å². The summed E-state index contributed by atoms with van der Waals surface area (Å²) in [6.45, 7) is 12.4. The lowest BCUT2D eigenvalue weighted by molar-refractivity contribution is 0.114. The molecule has 1 rings (SSSR count). The van der Waals surface area contributed by atoms with E-state index in [0.717, 1.165) is 48.8 Å². The van der Waals surface area contributed by atoms with Gasteiger partial charge in [0.15, 0.2) is 0 Å². The first-order valence-corrected chi connectivity index (χ1v) is 9.27. The van der Waals surface area contributed by atoms with Crippen LogP contribution < -0.4 is 0 Å². The molecule has 0 spiro atoms. The molecule has 0 atom stereocenters. The third-order valence-electron chi connectivity index (χ3n) is 3.89. The molecule has 0 saturated carbocycles. The van der Waals surface area contributed by atoms with Gasteiger partial charge in [-0.05, 0) is 55.6 Å². The Morgan fingerprint density at radius 3 is 2.46 bits per heavy atom. The van der Waals surface area contributed by atoms with Gasteiger partial charge in [0.05, 0.1) is 5.71 Å². The van der Waals surface area contributed by atoms with E-state index in [4.69, 9.17) is 16.4 Å². The molecular formula is C20H31ClN2O. The molecule has 1 aromatic rings. The van der Waals surface area contributed by atoms with Gasteiger partial charge in [-0.1, -0.05) is 62.7 Å². The Labute approximate surface area is 152 Å². The molecule has 0 heterocycles. The zero-order valence-corrected chi connectivity index (χ0v) is 16.2. The predicted molar refractivity (Wildman–Crippen MR) is 106 cm³/mol. The third-order valence-corrected chi connectivity index (χ3v) is 4.14. The summed E-state index contributed by atoms with van der Waals surface area (Å²) in [6, 6.07) is 7.79. The number of likely N-dealkylation sites (N-methyl/N-ethyl adjacent to an activating group) is 1. The molecule has 0 amide bonds. The zero-order chi connectivity index (χ0) is 17.8. The van der Waals surface area contributed by atoms with E-state index in [2.05, 4.69) is 43.8 Å². The van der Waals surface area contributed by atoms with Crippen molar-refractivity contribution < 1.29 is 4.84 Å². The summed E-state index contributed by atoms with van der Waals surface area (Å²) in [6.07, 6.45) is 6.13. The van der Waals surface area contributed by atoms with Crippen molar-refractivity contribution in [1.82, 2.24) is 4.90 Å². The first-order valence-electron chi connectivity index (χ1n) is 8.90. The maximum absolute atomic E-state index is 5.92. The van der Waals surface area contributed by atoms with Crippen LogP contribution in [0.1, 0.15) is 46.1 Å². The van der Waals surface area contributed by atoms with Crippen LogP contribution in [-0.2, 0) is 4.84 Å². The second-order valence-corrected chi connectivity index (χ2v) is 6.70. The lowest BCUT2D eigenvalue weighted by Gasteiger charge is -2.16. The van der Waals surface area contributed by atoms with E-state index in [1.165, 1.54) is 0 Å². The number of halogens is 1. The largest absolute Gasteiger partial charge is 0.394 e. The van der Waals surface area contributed by atoms with Gasteiger partial charge in [0.2, 0.25) is 0 Å². The Kier molecular flexibility index (Phi) is 10.4. The molecule has 4 heteroatoms. The Morgan fingerprint density at radius 1 is 1.21 bits per heavy atom. The maximum Gasteiger partial charge on any atom is 0.129 e. The highest BCUT2D eigenvalue weighted by Gasteiger charge is 2.02. The molecule has 0 aliphatic rings. The third kappa shape index (κ3) is 9.09. The Morgan fingerprint density at radius 2 is 1.88 bits per heavy atom. The van der Waals surface area contributed by atoms with Crippen molar-refractivity contribution in [3.8, 4) is 0 Å². The molecule has 0 saturated heterocycles. The van der Waals surface area contributed by atoms with E-state index in [1.807, 2.05) is 30.3 Å². The number of benzene rings is 1. The molecule has 134 valence electrons. The summed E-state index contributed by atoms with van der Waals surface area (Å²) < 4.78 is 0. The van der Waals surface area contributed by atoms with Crippen LogP contribution >= 0.6 is 11.6 Å². The highest BCUT2D eigenvalue weighted by atomic mass is 35.5. The van der Waals surface area contributed by atoms with E-state index in [-0.39, 0.29) is 0 Å². The van der Waals surface area contributed by atoms with E-state index in [0.29, 0.717) is 12.5 Å². The van der Waals surface area contributed by atoms with Gasteiger partial charge >= 0.3 is 0 Å². The van der Waals surface area contributed by atoms with Gasteiger partial charge in [-0.25, -0.2) is 0 Å². The molecule has 1 aromatic carbocycles. The Hall–Kier alpha value is -1.32. The van der Waals surface area contributed by atoms with Crippen LogP contribution in [0.3, 0.4) is 0 Å². The summed E-state index contributed by atoms with van der Waals surface area (Å²) >= 11 is 5.92. The topological polar surface area (TPSA) is 24.8 Å². The van der Waals surface area contributed by atoms with Crippen LogP contribution in [0.25, 0.3) is 6.08 Å². The number of nitrogens with zero attached hydrogens (tertiary/aromatic N) is 2. The van der Waals surface area contributed by atoms with Crippen molar-refractivity contribution in [2.45, 2.75) is 40.5 Å².